The van der Waals surface area contributed by atoms with Gasteiger partial charge in [0.2, 0.25) is 0 Å². The normalized spacial score (nSPS) is 13.3. The van der Waals surface area contributed by atoms with Gasteiger partial charge in [0.15, 0.2) is 0 Å². The molecule has 118 valence electrons. The van der Waals surface area contributed by atoms with Crippen molar-refractivity contribution < 1.29 is 9.53 Å². The highest BCUT2D eigenvalue weighted by molar-refractivity contribution is 5.75. The molecule has 0 aliphatic carbocycles. The van der Waals surface area contributed by atoms with Crippen molar-refractivity contribution in [3.05, 3.63) is 35.4 Å². The smallest absolute Gasteiger partial charge is 0.311 e. The van der Waals surface area contributed by atoms with Crippen LogP contribution in [0, 0.1) is 11.3 Å². The first kappa shape index (κ1) is 17.7. The van der Waals surface area contributed by atoms with Gasteiger partial charge in [-0.25, -0.2) is 0 Å². The summed E-state index contributed by atoms with van der Waals surface area (Å²) >= 11 is 0. The van der Waals surface area contributed by atoms with Gasteiger partial charge in [-0.15, -0.1) is 0 Å². The SMILES string of the molecule is CCOC(=O)C(C)(C)CC(N)c1ccc(CC(C)C)cc1. The van der Waals surface area contributed by atoms with Gasteiger partial charge in [0.25, 0.3) is 0 Å². The maximum Gasteiger partial charge on any atom is 0.311 e. The average molecular weight is 291 g/mol. The number of rotatable bonds is 7. The van der Waals surface area contributed by atoms with E-state index < -0.39 is 5.41 Å². The molecule has 0 aliphatic rings. The maximum absolute atomic E-state index is 11.9. The molecule has 0 aliphatic heterocycles. The minimum absolute atomic E-state index is 0.155. The molecule has 1 atom stereocenters. The second-order valence-corrected chi connectivity index (χ2v) is 6.75. The van der Waals surface area contributed by atoms with Crippen molar-refractivity contribution in [2.24, 2.45) is 17.1 Å². The lowest BCUT2D eigenvalue weighted by molar-refractivity contribution is -0.154. The molecule has 0 aromatic heterocycles. The zero-order chi connectivity index (χ0) is 16.0. The van der Waals surface area contributed by atoms with Crippen molar-refractivity contribution in [1.82, 2.24) is 0 Å². The van der Waals surface area contributed by atoms with E-state index in [0.717, 1.165) is 12.0 Å². The minimum Gasteiger partial charge on any atom is -0.466 e. The molecule has 0 amide bonds. The van der Waals surface area contributed by atoms with Gasteiger partial charge in [0, 0.05) is 6.04 Å². The van der Waals surface area contributed by atoms with Crippen LogP contribution in [0.15, 0.2) is 24.3 Å². The third-order valence-corrected chi connectivity index (χ3v) is 3.61. The Morgan fingerprint density at radius 3 is 2.29 bits per heavy atom. The van der Waals surface area contributed by atoms with Crippen molar-refractivity contribution >= 4 is 5.97 Å². The van der Waals surface area contributed by atoms with Crippen LogP contribution in [0.25, 0.3) is 0 Å². The van der Waals surface area contributed by atoms with Crippen LogP contribution in [0.3, 0.4) is 0 Å². The first-order chi connectivity index (χ1) is 9.76. The van der Waals surface area contributed by atoms with Crippen LogP contribution in [-0.4, -0.2) is 12.6 Å². The van der Waals surface area contributed by atoms with E-state index in [2.05, 4.69) is 38.1 Å². The van der Waals surface area contributed by atoms with Crippen molar-refractivity contribution in [2.45, 2.75) is 53.5 Å². The van der Waals surface area contributed by atoms with Crippen molar-refractivity contribution in [1.29, 1.82) is 0 Å². The number of hydrogen-bond donors (Lipinski definition) is 1. The Hall–Kier alpha value is -1.35. The Labute approximate surface area is 128 Å². The third-order valence-electron chi connectivity index (χ3n) is 3.61. The number of benzene rings is 1. The van der Waals surface area contributed by atoms with Gasteiger partial charge in [0.1, 0.15) is 0 Å². The van der Waals surface area contributed by atoms with E-state index in [-0.39, 0.29) is 12.0 Å². The molecule has 0 saturated heterocycles. The van der Waals surface area contributed by atoms with E-state index in [9.17, 15) is 4.79 Å². The largest absolute Gasteiger partial charge is 0.466 e. The minimum atomic E-state index is -0.563. The molecule has 3 heteroatoms. The van der Waals surface area contributed by atoms with Gasteiger partial charge >= 0.3 is 5.97 Å². The highest BCUT2D eigenvalue weighted by atomic mass is 16.5. The average Bonchev–Trinajstić information content (AvgIpc) is 2.38. The molecule has 1 aromatic carbocycles. The molecular formula is C18H29NO2. The van der Waals surface area contributed by atoms with Gasteiger partial charge in [-0.1, -0.05) is 38.1 Å². The Morgan fingerprint density at radius 2 is 1.81 bits per heavy atom. The molecule has 0 bridgehead atoms. The Morgan fingerprint density at radius 1 is 1.24 bits per heavy atom. The van der Waals surface area contributed by atoms with E-state index >= 15 is 0 Å². The lowest BCUT2D eigenvalue weighted by Gasteiger charge is -2.26. The Bertz CT molecular complexity index is 449. The predicted molar refractivity (Wildman–Crippen MR) is 86.9 cm³/mol. The summed E-state index contributed by atoms with van der Waals surface area (Å²) in [6.45, 7) is 10.4. The summed E-state index contributed by atoms with van der Waals surface area (Å²) in [6.07, 6.45) is 1.65. The molecular weight excluding hydrogens is 262 g/mol. The Kier molecular flexibility index (Phi) is 6.41. The van der Waals surface area contributed by atoms with E-state index in [1.165, 1.54) is 5.56 Å². The van der Waals surface area contributed by atoms with Crippen molar-refractivity contribution in [3.8, 4) is 0 Å². The van der Waals surface area contributed by atoms with Crippen LogP contribution >= 0.6 is 0 Å². The van der Waals surface area contributed by atoms with Crippen LogP contribution in [0.1, 0.15) is 58.2 Å². The molecule has 1 rings (SSSR count). The van der Waals surface area contributed by atoms with Gasteiger partial charge < -0.3 is 10.5 Å². The zero-order valence-electron chi connectivity index (χ0n) is 14.0. The molecule has 0 saturated carbocycles. The van der Waals surface area contributed by atoms with E-state index in [1.54, 1.807) is 0 Å². The van der Waals surface area contributed by atoms with Gasteiger partial charge in [0.05, 0.1) is 12.0 Å². The summed E-state index contributed by atoms with van der Waals surface area (Å²) in [5.74, 6) is 0.462. The lowest BCUT2D eigenvalue weighted by Crippen LogP contribution is -2.31. The van der Waals surface area contributed by atoms with Crippen LogP contribution in [0.2, 0.25) is 0 Å². The number of carbonyl (C=O) groups is 1. The zero-order valence-corrected chi connectivity index (χ0v) is 14.0. The highest BCUT2D eigenvalue weighted by Crippen LogP contribution is 2.30. The standard InChI is InChI=1S/C18H29NO2/c1-6-21-17(20)18(4,5)12-16(19)15-9-7-14(8-10-15)11-13(2)3/h7-10,13,16H,6,11-12,19H2,1-5H3. The predicted octanol–water partition coefficient (Wildman–Crippen LogP) is 3.86. The summed E-state index contributed by atoms with van der Waals surface area (Å²) < 4.78 is 5.11. The molecule has 0 fully saturated rings. The Balaban J connectivity index is 2.70. The van der Waals surface area contributed by atoms with Crippen molar-refractivity contribution in [3.63, 3.8) is 0 Å². The number of ether oxygens (including phenoxy) is 1. The monoisotopic (exact) mass is 291 g/mol. The second-order valence-electron chi connectivity index (χ2n) is 6.75. The van der Waals surface area contributed by atoms with E-state index in [1.807, 2.05) is 20.8 Å². The molecule has 0 heterocycles. The lowest BCUT2D eigenvalue weighted by atomic mass is 9.83. The van der Waals surface area contributed by atoms with Crippen molar-refractivity contribution in [2.75, 3.05) is 6.61 Å². The van der Waals surface area contributed by atoms with Crippen LogP contribution in [-0.2, 0) is 16.0 Å². The van der Waals surface area contributed by atoms with Crippen LogP contribution in [0.5, 0.6) is 0 Å². The highest BCUT2D eigenvalue weighted by Gasteiger charge is 2.31. The summed E-state index contributed by atoms with van der Waals surface area (Å²) in [5.41, 5.74) is 8.09. The number of nitrogens with two attached hydrogens (primary N) is 1. The van der Waals surface area contributed by atoms with Crippen LogP contribution < -0.4 is 5.73 Å². The molecule has 3 nitrogen and oxygen atoms in total. The summed E-state index contributed by atoms with van der Waals surface area (Å²) in [5, 5.41) is 0. The third kappa shape index (κ3) is 5.50. The number of esters is 1. The topological polar surface area (TPSA) is 52.3 Å². The quantitative estimate of drug-likeness (QED) is 0.776. The fraction of sp³-hybridized carbons (Fsp3) is 0.611. The number of carbonyl (C=O) groups excluding carboxylic acids is 1. The molecule has 21 heavy (non-hydrogen) atoms. The summed E-state index contributed by atoms with van der Waals surface area (Å²) in [4.78, 5) is 11.9. The first-order valence-electron chi connectivity index (χ1n) is 7.78. The van der Waals surface area contributed by atoms with Gasteiger partial charge in [-0.3, -0.25) is 4.79 Å². The second kappa shape index (κ2) is 7.60. The summed E-state index contributed by atoms with van der Waals surface area (Å²) in [7, 11) is 0. The molecule has 0 spiro atoms. The fourth-order valence-corrected chi connectivity index (χ4v) is 2.45. The summed E-state index contributed by atoms with van der Waals surface area (Å²) in [6, 6.07) is 8.25. The van der Waals surface area contributed by atoms with Gasteiger partial charge in [-0.05, 0) is 50.7 Å². The molecule has 1 unspecified atom stereocenters. The van der Waals surface area contributed by atoms with E-state index in [4.69, 9.17) is 10.5 Å². The fourth-order valence-electron chi connectivity index (χ4n) is 2.45. The van der Waals surface area contributed by atoms with E-state index in [0.29, 0.717) is 18.9 Å². The molecule has 1 aromatic rings. The van der Waals surface area contributed by atoms with Crippen LogP contribution in [0.4, 0.5) is 0 Å². The first-order valence-corrected chi connectivity index (χ1v) is 7.78. The maximum atomic E-state index is 11.9. The molecule has 0 radical (unpaired) electrons. The number of hydrogen-bond acceptors (Lipinski definition) is 3. The molecule has 2 N–H and O–H groups in total. The van der Waals surface area contributed by atoms with Gasteiger partial charge in [-0.2, -0.15) is 0 Å².